The number of thioether (sulfide) groups is 1. The maximum Gasteiger partial charge on any atom is 0.221 e. The van der Waals surface area contributed by atoms with Crippen molar-refractivity contribution in [2.45, 2.75) is 32.7 Å². The Morgan fingerprint density at radius 3 is 3.00 bits per heavy atom. The van der Waals surface area contributed by atoms with E-state index in [9.17, 15) is 4.79 Å². The van der Waals surface area contributed by atoms with Gasteiger partial charge in [-0.1, -0.05) is 13.8 Å². The van der Waals surface area contributed by atoms with Crippen LogP contribution in [0.15, 0.2) is 11.6 Å². The zero-order chi connectivity index (χ0) is 11.8. The van der Waals surface area contributed by atoms with Gasteiger partial charge in [0.1, 0.15) is 5.01 Å². The maximum absolute atomic E-state index is 11.6. The van der Waals surface area contributed by atoms with E-state index in [-0.39, 0.29) is 11.9 Å². The van der Waals surface area contributed by atoms with Gasteiger partial charge in [-0.25, -0.2) is 4.98 Å². The molecular weight excluding hydrogens is 240 g/mol. The average molecular weight is 258 g/mol. The highest BCUT2D eigenvalue weighted by Crippen LogP contribution is 2.18. The smallest absolute Gasteiger partial charge is 0.221 e. The molecule has 1 rings (SSSR count). The monoisotopic (exact) mass is 258 g/mol. The van der Waals surface area contributed by atoms with Crippen LogP contribution in [-0.4, -0.2) is 22.4 Å². The van der Waals surface area contributed by atoms with E-state index in [4.69, 9.17) is 0 Å². The van der Waals surface area contributed by atoms with Gasteiger partial charge < -0.3 is 5.32 Å². The van der Waals surface area contributed by atoms with Crippen LogP contribution >= 0.6 is 23.1 Å². The molecule has 3 nitrogen and oxygen atoms in total. The van der Waals surface area contributed by atoms with Crippen molar-refractivity contribution in [3.63, 3.8) is 0 Å². The van der Waals surface area contributed by atoms with E-state index in [0.717, 1.165) is 22.9 Å². The molecule has 16 heavy (non-hydrogen) atoms. The summed E-state index contributed by atoms with van der Waals surface area (Å²) in [5.74, 6) is 2.09. The summed E-state index contributed by atoms with van der Waals surface area (Å²) >= 11 is 3.39. The highest BCUT2D eigenvalue weighted by Gasteiger charge is 2.14. The fourth-order valence-corrected chi connectivity index (χ4v) is 2.71. The van der Waals surface area contributed by atoms with Gasteiger partial charge in [0.2, 0.25) is 5.91 Å². The fourth-order valence-electron chi connectivity index (χ4n) is 1.32. The fraction of sp³-hybridized carbons (Fsp3) is 0.636. The minimum absolute atomic E-state index is 0.0825. The molecule has 1 N–H and O–H groups in total. The van der Waals surface area contributed by atoms with Gasteiger partial charge in [-0.3, -0.25) is 4.79 Å². The van der Waals surface area contributed by atoms with Crippen LogP contribution in [0.4, 0.5) is 0 Å². The summed E-state index contributed by atoms with van der Waals surface area (Å²) < 4.78 is 0. The zero-order valence-electron chi connectivity index (χ0n) is 9.73. The van der Waals surface area contributed by atoms with Crippen LogP contribution in [0, 0.1) is 0 Å². The molecule has 0 spiro atoms. The number of hydrogen-bond acceptors (Lipinski definition) is 4. The van der Waals surface area contributed by atoms with Crippen molar-refractivity contribution in [2.75, 3.05) is 11.5 Å². The van der Waals surface area contributed by atoms with Crippen LogP contribution in [0.1, 0.15) is 37.7 Å². The number of hydrogen-bond donors (Lipinski definition) is 1. The summed E-state index contributed by atoms with van der Waals surface area (Å²) in [6.45, 7) is 4.17. The Bertz CT molecular complexity index is 301. The third-order valence-corrected chi connectivity index (χ3v) is 3.96. The van der Waals surface area contributed by atoms with E-state index >= 15 is 0 Å². The number of carbonyl (C=O) groups excluding carboxylic acids is 1. The highest BCUT2D eigenvalue weighted by molar-refractivity contribution is 7.99. The van der Waals surface area contributed by atoms with Crippen LogP contribution in [0.5, 0.6) is 0 Å². The average Bonchev–Trinajstić information content (AvgIpc) is 2.79. The van der Waals surface area contributed by atoms with Crippen molar-refractivity contribution in [3.8, 4) is 0 Å². The number of rotatable bonds is 7. The largest absolute Gasteiger partial charge is 0.347 e. The molecule has 0 saturated heterocycles. The lowest BCUT2D eigenvalue weighted by atomic mass is 10.2. The molecule has 1 aromatic heterocycles. The molecule has 0 saturated carbocycles. The predicted molar refractivity (Wildman–Crippen MR) is 70.9 cm³/mol. The lowest BCUT2D eigenvalue weighted by Gasteiger charge is -2.14. The molecule has 0 aromatic carbocycles. The normalized spacial score (nSPS) is 12.4. The van der Waals surface area contributed by atoms with E-state index in [0.29, 0.717) is 6.42 Å². The van der Waals surface area contributed by atoms with Crippen molar-refractivity contribution < 1.29 is 4.79 Å². The minimum atomic E-state index is 0.0825. The van der Waals surface area contributed by atoms with Crippen LogP contribution in [-0.2, 0) is 4.79 Å². The van der Waals surface area contributed by atoms with Gasteiger partial charge in [0.05, 0.1) is 6.04 Å². The molecule has 0 aliphatic heterocycles. The third kappa shape index (κ3) is 4.53. The molecule has 0 bridgehead atoms. The topological polar surface area (TPSA) is 42.0 Å². The highest BCUT2D eigenvalue weighted by atomic mass is 32.2. The Kier molecular flexibility index (Phi) is 6.49. The Morgan fingerprint density at radius 1 is 1.62 bits per heavy atom. The van der Waals surface area contributed by atoms with Gasteiger partial charge in [-0.15, -0.1) is 11.3 Å². The molecule has 1 heterocycles. The van der Waals surface area contributed by atoms with Crippen molar-refractivity contribution in [3.05, 3.63) is 16.6 Å². The second-order valence-electron chi connectivity index (χ2n) is 3.35. The molecule has 0 aliphatic carbocycles. The molecule has 0 fully saturated rings. The molecule has 1 atom stereocenters. The number of aromatic nitrogens is 1. The molecule has 5 heteroatoms. The second-order valence-corrected chi connectivity index (χ2v) is 5.67. The zero-order valence-corrected chi connectivity index (χ0v) is 11.4. The molecular formula is C11H18N2OS2. The van der Waals surface area contributed by atoms with E-state index in [1.807, 2.05) is 5.38 Å². The van der Waals surface area contributed by atoms with Crippen LogP contribution < -0.4 is 5.32 Å². The van der Waals surface area contributed by atoms with E-state index in [1.54, 1.807) is 29.3 Å². The number of nitrogens with zero attached hydrogens (tertiary/aromatic N) is 1. The van der Waals surface area contributed by atoms with E-state index in [1.165, 1.54) is 0 Å². The molecule has 90 valence electrons. The second kappa shape index (κ2) is 7.68. The summed E-state index contributed by atoms with van der Waals surface area (Å²) in [6.07, 6.45) is 3.27. The quantitative estimate of drug-likeness (QED) is 0.765. The number of thiazole rings is 1. The van der Waals surface area contributed by atoms with Crippen molar-refractivity contribution in [1.82, 2.24) is 10.3 Å². The summed E-state index contributed by atoms with van der Waals surface area (Å²) in [7, 11) is 0. The Hall–Kier alpha value is -0.550. The van der Waals surface area contributed by atoms with E-state index in [2.05, 4.69) is 24.1 Å². The first kappa shape index (κ1) is 13.5. The molecule has 1 amide bonds. The van der Waals surface area contributed by atoms with Crippen molar-refractivity contribution in [1.29, 1.82) is 0 Å². The summed E-state index contributed by atoms with van der Waals surface area (Å²) in [5, 5.41) is 5.96. The Labute approximate surface area is 105 Å². The van der Waals surface area contributed by atoms with Crippen LogP contribution in [0.2, 0.25) is 0 Å². The lowest BCUT2D eigenvalue weighted by molar-refractivity contribution is -0.121. The summed E-state index contributed by atoms with van der Waals surface area (Å²) in [5.41, 5.74) is 0. The number of carbonyl (C=O) groups is 1. The van der Waals surface area contributed by atoms with Gasteiger partial charge in [0, 0.05) is 23.8 Å². The molecule has 1 aromatic rings. The molecule has 0 radical (unpaired) electrons. The predicted octanol–water partition coefficient (Wildman–Crippen LogP) is 2.85. The first-order valence-corrected chi connectivity index (χ1v) is 7.57. The first-order valence-electron chi connectivity index (χ1n) is 5.54. The number of nitrogens with one attached hydrogen (secondary N) is 1. The Morgan fingerprint density at radius 2 is 2.44 bits per heavy atom. The molecule has 1 unspecified atom stereocenters. The Balaban J connectivity index is 2.36. The van der Waals surface area contributed by atoms with Gasteiger partial charge in [0.25, 0.3) is 0 Å². The SMILES string of the molecule is CCSCCC(=O)NC(CC)c1nccs1. The van der Waals surface area contributed by atoms with Gasteiger partial charge in [0.15, 0.2) is 0 Å². The van der Waals surface area contributed by atoms with Crippen LogP contribution in [0.25, 0.3) is 0 Å². The molecule has 0 aliphatic rings. The summed E-state index contributed by atoms with van der Waals surface area (Å²) in [4.78, 5) is 15.9. The lowest BCUT2D eigenvalue weighted by Crippen LogP contribution is -2.28. The van der Waals surface area contributed by atoms with Gasteiger partial charge in [-0.2, -0.15) is 11.8 Å². The van der Waals surface area contributed by atoms with Crippen molar-refractivity contribution in [2.24, 2.45) is 0 Å². The third-order valence-electron chi connectivity index (χ3n) is 2.17. The standard InChI is InChI=1S/C11H18N2OS2/c1-3-9(11-12-6-8-16-11)13-10(14)5-7-15-4-2/h6,8-9H,3-5,7H2,1-2H3,(H,13,14). The number of amides is 1. The maximum atomic E-state index is 11.6. The van der Waals surface area contributed by atoms with Crippen LogP contribution in [0.3, 0.4) is 0 Å². The van der Waals surface area contributed by atoms with Crippen molar-refractivity contribution >= 4 is 29.0 Å². The van der Waals surface area contributed by atoms with E-state index < -0.39 is 0 Å². The first-order chi connectivity index (χ1) is 7.77. The minimum Gasteiger partial charge on any atom is -0.347 e. The summed E-state index contributed by atoms with van der Waals surface area (Å²) in [6, 6.07) is 0.0825. The van der Waals surface area contributed by atoms with Gasteiger partial charge >= 0.3 is 0 Å². The van der Waals surface area contributed by atoms with Gasteiger partial charge in [-0.05, 0) is 12.2 Å².